The summed E-state index contributed by atoms with van der Waals surface area (Å²) >= 11 is 0. The van der Waals surface area contributed by atoms with Gasteiger partial charge in [-0.1, -0.05) is 20.8 Å². The second-order valence-corrected chi connectivity index (χ2v) is 5.54. The molecule has 100 valence electrons. The van der Waals surface area contributed by atoms with Crippen LogP contribution in [0.3, 0.4) is 0 Å². The van der Waals surface area contributed by atoms with Gasteiger partial charge in [0.05, 0.1) is 5.60 Å². The third kappa shape index (κ3) is 5.04. The van der Waals surface area contributed by atoms with Crippen LogP contribution in [0, 0.1) is 11.8 Å². The van der Waals surface area contributed by atoms with Crippen LogP contribution >= 0.6 is 0 Å². The van der Waals surface area contributed by atoms with E-state index < -0.39 is 5.60 Å². The van der Waals surface area contributed by atoms with Crippen molar-refractivity contribution >= 4 is 5.91 Å². The SMILES string of the molecule is CC(C)C(C)CC(=O)NCC1(O)CCOCC1. The van der Waals surface area contributed by atoms with Gasteiger partial charge in [-0.15, -0.1) is 0 Å². The Morgan fingerprint density at radius 1 is 1.35 bits per heavy atom. The molecular formula is C13H25NO3. The van der Waals surface area contributed by atoms with Gasteiger partial charge in [-0.2, -0.15) is 0 Å². The van der Waals surface area contributed by atoms with E-state index in [1.807, 2.05) is 0 Å². The molecule has 1 fully saturated rings. The Labute approximate surface area is 104 Å². The number of carbonyl (C=O) groups excluding carboxylic acids is 1. The van der Waals surface area contributed by atoms with Crippen LogP contribution < -0.4 is 5.32 Å². The predicted molar refractivity (Wildman–Crippen MR) is 66.6 cm³/mol. The lowest BCUT2D eigenvalue weighted by Gasteiger charge is -2.32. The van der Waals surface area contributed by atoms with Crippen LogP contribution in [-0.4, -0.2) is 36.4 Å². The molecule has 1 amide bonds. The van der Waals surface area contributed by atoms with Crippen molar-refractivity contribution in [3.63, 3.8) is 0 Å². The highest BCUT2D eigenvalue weighted by atomic mass is 16.5. The molecule has 0 aliphatic carbocycles. The molecule has 0 saturated carbocycles. The fourth-order valence-corrected chi connectivity index (χ4v) is 1.79. The lowest BCUT2D eigenvalue weighted by molar-refractivity contribution is -0.125. The van der Waals surface area contributed by atoms with Crippen molar-refractivity contribution in [1.82, 2.24) is 5.32 Å². The first-order chi connectivity index (χ1) is 7.93. The Morgan fingerprint density at radius 3 is 2.47 bits per heavy atom. The zero-order chi connectivity index (χ0) is 12.9. The summed E-state index contributed by atoms with van der Waals surface area (Å²) in [6, 6.07) is 0. The van der Waals surface area contributed by atoms with Crippen LogP contribution in [0.4, 0.5) is 0 Å². The minimum absolute atomic E-state index is 0.0334. The Morgan fingerprint density at radius 2 is 1.94 bits per heavy atom. The summed E-state index contributed by atoms with van der Waals surface area (Å²) in [4.78, 5) is 11.7. The minimum Gasteiger partial charge on any atom is -0.388 e. The first-order valence-corrected chi connectivity index (χ1v) is 6.50. The largest absolute Gasteiger partial charge is 0.388 e. The summed E-state index contributed by atoms with van der Waals surface area (Å²) in [5.74, 6) is 0.914. The minimum atomic E-state index is -0.769. The lowest BCUT2D eigenvalue weighted by atomic mass is 9.93. The molecular weight excluding hydrogens is 218 g/mol. The number of hydrogen-bond donors (Lipinski definition) is 2. The van der Waals surface area contributed by atoms with Gasteiger partial charge in [0.25, 0.3) is 0 Å². The van der Waals surface area contributed by atoms with E-state index in [0.29, 0.717) is 50.9 Å². The van der Waals surface area contributed by atoms with Gasteiger partial charge >= 0.3 is 0 Å². The average Bonchev–Trinajstić information content (AvgIpc) is 2.27. The van der Waals surface area contributed by atoms with E-state index in [-0.39, 0.29) is 5.91 Å². The summed E-state index contributed by atoms with van der Waals surface area (Å²) in [5.41, 5.74) is -0.769. The highest BCUT2D eigenvalue weighted by Gasteiger charge is 2.30. The predicted octanol–water partition coefficient (Wildman–Crippen LogP) is 1.33. The second-order valence-electron chi connectivity index (χ2n) is 5.54. The zero-order valence-corrected chi connectivity index (χ0v) is 11.2. The molecule has 1 rings (SSSR count). The van der Waals surface area contributed by atoms with Gasteiger partial charge in [0, 0.05) is 39.0 Å². The van der Waals surface area contributed by atoms with Crippen LogP contribution in [0.2, 0.25) is 0 Å². The molecule has 1 atom stereocenters. The number of hydrogen-bond acceptors (Lipinski definition) is 3. The van der Waals surface area contributed by atoms with Gasteiger partial charge < -0.3 is 15.2 Å². The molecule has 0 aromatic heterocycles. The van der Waals surface area contributed by atoms with Crippen molar-refractivity contribution in [2.24, 2.45) is 11.8 Å². The third-order valence-electron chi connectivity index (χ3n) is 3.68. The summed E-state index contributed by atoms with van der Waals surface area (Å²) in [7, 11) is 0. The number of carbonyl (C=O) groups is 1. The molecule has 0 bridgehead atoms. The van der Waals surface area contributed by atoms with Crippen molar-refractivity contribution in [3.8, 4) is 0 Å². The van der Waals surface area contributed by atoms with E-state index in [4.69, 9.17) is 4.74 Å². The van der Waals surface area contributed by atoms with Gasteiger partial charge in [0.15, 0.2) is 0 Å². The highest BCUT2D eigenvalue weighted by molar-refractivity contribution is 5.76. The standard InChI is InChI=1S/C13H25NO3/c1-10(2)11(3)8-12(15)14-9-13(16)4-6-17-7-5-13/h10-11,16H,4-9H2,1-3H3,(H,14,15). The third-order valence-corrected chi connectivity index (χ3v) is 3.68. The molecule has 1 unspecified atom stereocenters. The first-order valence-electron chi connectivity index (χ1n) is 6.50. The van der Waals surface area contributed by atoms with Crippen molar-refractivity contribution in [3.05, 3.63) is 0 Å². The topological polar surface area (TPSA) is 58.6 Å². The van der Waals surface area contributed by atoms with Crippen molar-refractivity contribution in [1.29, 1.82) is 0 Å². The fourth-order valence-electron chi connectivity index (χ4n) is 1.79. The molecule has 0 radical (unpaired) electrons. The van der Waals surface area contributed by atoms with Crippen LogP contribution in [-0.2, 0) is 9.53 Å². The number of ether oxygens (including phenoxy) is 1. The van der Waals surface area contributed by atoms with Crippen molar-refractivity contribution in [2.45, 2.75) is 45.6 Å². The van der Waals surface area contributed by atoms with E-state index in [1.165, 1.54) is 0 Å². The van der Waals surface area contributed by atoms with Crippen molar-refractivity contribution in [2.75, 3.05) is 19.8 Å². The average molecular weight is 243 g/mol. The van der Waals surface area contributed by atoms with Crippen LogP contribution in [0.25, 0.3) is 0 Å². The molecule has 1 heterocycles. The van der Waals surface area contributed by atoms with Gasteiger partial charge in [-0.3, -0.25) is 4.79 Å². The highest BCUT2D eigenvalue weighted by Crippen LogP contribution is 2.19. The van der Waals surface area contributed by atoms with E-state index in [0.717, 1.165) is 0 Å². The Bertz CT molecular complexity index is 247. The van der Waals surface area contributed by atoms with E-state index >= 15 is 0 Å². The first kappa shape index (κ1) is 14.5. The Kier molecular flexibility index (Phi) is 5.40. The van der Waals surface area contributed by atoms with E-state index in [1.54, 1.807) is 0 Å². The van der Waals surface area contributed by atoms with Gasteiger partial charge in [-0.05, 0) is 11.8 Å². The molecule has 0 aromatic carbocycles. The molecule has 4 nitrogen and oxygen atoms in total. The normalized spacial score (nSPS) is 21.2. The number of nitrogens with one attached hydrogen (secondary N) is 1. The fraction of sp³-hybridized carbons (Fsp3) is 0.923. The molecule has 1 aliphatic rings. The molecule has 1 aliphatic heterocycles. The molecule has 17 heavy (non-hydrogen) atoms. The molecule has 4 heteroatoms. The maximum Gasteiger partial charge on any atom is 0.220 e. The van der Waals surface area contributed by atoms with Crippen LogP contribution in [0.5, 0.6) is 0 Å². The zero-order valence-electron chi connectivity index (χ0n) is 11.2. The van der Waals surface area contributed by atoms with E-state index in [2.05, 4.69) is 26.1 Å². The molecule has 2 N–H and O–H groups in total. The number of rotatable bonds is 5. The Balaban J connectivity index is 2.27. The lowest BCUT2D eigenvalue weighted by Crippen LogP contribution is -2.46. The Hall–Kier alpha value is -0.610. The quantitative estimate of drug-likeness (QED) is 0.766. The molecule has 0 aromatic rings. The maximum atomic E-state index is 11.7. The molecule has 1 saturated heterocycles. The summed E-state index contributed by atoms with van der Waals surface area (Å²) in [5, 5.41) is 13.0. The van der Waals surface area contributed by atoms with Crippen LogP contribution in [0.1, 0.15) is 40.0 Å². The van der Waals surface area contributed by atoms with Gasteiger partial charge in [-0.25, -0.2) is 0 Å². The van der Waals surface area contributed by atoms with E-state index in [9.17, 15) is 9.90 Å². The smallest absolute Gasteiger partial charge is 0.220 e. The number of aliphatic hydroxyl groups is 1. The van der Waals surface area contributed by atoms with Gasteiger partial charge in [0.1, 0.15) is 0 Å². The van der Waals surface area contributed by atoms with Crippen molar-refractivity contribution < 1.29 is 14.6 Å². The molecule has 0 spiro atoms. The maximum absolute atomic E-state index is 11.7. The van der Waals surface area contributed by atoms with Gasteiger partial charge in [0.2, 0.25) is 5.91 Å². The second kappa shape index (κ2) is 6.36. The summed E-state index contributed by atoms with van der Waals surface area (Å²) < 4.78 is 5.20. The summed E-state index contributed by atoms with van der Waals surface area (Å²) in [6.45, 7) is 7.81. The summed E-state index contributed by atoms with van der Waals surface area (Å²) in [6.07, 6.45) is 1.74. The van der Waals surface area contributed by atoms with Crippen LogP contribution in [0.15, 0.2) is 0 Å². The monoisotopic (exact) mass is 243 g/mol. The number of amides is 1.